The Morgan fingerprint density at radius 1 is 1.43 bits per heavy atom. The number of anilines is 1. The highest BCUT2D eigenvalue weighted by molar-refractivity contribution is 5.59. The second-order valence-corrected chi connectivity index (χ2v) is 3.25. The zero-order valence-corrected chi connectivity index (χ0v) is 8.02. The van der Waals surface area contributed by atoms with E-state index < -0.39 is 5.91 Å². The van der Waals surface area contributed by atoms with E-state index in [0.29, 0.717) is 11.4 Å². The third-order valence-corrected chi connectivity index (χ3v) is 1.70. The number of nitrogens with one attached hydrogen (secondary N) is 1. The number of hydrogen-bond donors (Lipinski definition) is 3. The van der Waals surface area contributed by atoms with E-state index in [-0.39, 0.29) is 0 Å². The van der Waals surface area contributed by atoms with E-state index in [1.165, 1.54) is 6.92 Å². The van der Waals surface area contributed by atoms with Crippen LogP contribution in [0.2, 0.25) is 0 Å². The molecule has 0 radical (unpaired) electrons. The Hall–Kier alpha value is -1.64. The molecule has 0 bridgehead atoms. The van der Waals surface area contributed by atoms with Crippen molar-refractivity contribution < 1.29 is 10.2 Å². The Kier molecular flexibility index (Phi) is 2.70. The number of diazo groups is 1. The first kappa shape index (κ1) is 10.4. The van der Waals surface area contributed by atoms with Crippen LogP contribution >= 0.6 is 0 Å². The van der Waals surface area contributed by atoms with E-state index in [4.69, 9.17) is 15.6 Å². The van der Waals surface area contributed by atoms with Gasteiger partial charge in [-0.3, -0.25) is 0 Å². The van der Waals surface area contributed by atoms with Crippen molar-refractivity contribution in [3.8, 4) is 0 Å². The summed E-state index contributed by atoms with van der Waals surface area (Å²) in [6.07, 6.45) is 0. The fourth-order valence-corrected chi connectivity index (χ4v) is 1.11. The first-order valence-electron chi connectivity index (χ1n) is 4.11. The highest BCUT2D eigenvalue weighted by Crippen LogP contribution is 2.23. The van der Waals surface area contributed by atoms with Crippen LogP contribution in [-0.2, 0) is 0 Å². The van der Waals surface area contributed by atoms with Gasteiger partial charge < -0.3 is 15.5 Å². The predicted molar refractivity (Wildman–Crippen MR) is 52.4 cm³/mol. The van der Waals surface area contributed by atoms with Crippen molar-refractivity contribution in [2.45, 2.75) is 19.8 Å². The van der Waals surface area contributed by atoms with E-state index in [0.717, 1.165) is 5.56 Å². The molecule has 0 atom stereocenters. The number of nitrogens with zero attached hydrogens (tertiary/aromatic N) is 2. The molecule has 0 saturated heterocycles. The molecule has 1 aromatic carbocycles. The molecule has 0 aromatic heterocycles. The maximum atomic E-state index is 9.09. The lowest BCUT2D eigenvalue weighted by Crippen LogP contribution is -2.33. The maximum absolute atomic E-state index is 9.09. The molecule has 3 N–H and O–H groups in total. The fraction of sp³-hybridized carbons (Fsp3) is 0.333. The summed E-state index contributed by atoms with van der Waals surface area (Å²) >= 11 is 0. The van der Waals surface area contributed by atoms with Crippen molar-refractivity contribution in [1.29, 1.82) is 5.39 Å². The molecule has 5 heteroatoms. The topological polar surface area (TPSA) is 80.6 Å². The van der Waals surface area contributed by atoms with Gasteiger partial charge in [-0.1, -0.05) is 0 Å². The Bertz CT molecular complexity index is 377. The van der Waals surface area contributed by atoms with Gasteiger partial charge in [0, 0.05) is 24.7 Å². The van der Waals surface area contributed by atoms with Gasteiger partial charge in [0.05, 0.1) is 0 Å². The molecule has 0 heterocycles. The van der Waals surface area contributed by atoms with Crippen LogP contribution in [0.1, 0.15) is 12.5 Å². The first-order chi connectivity index (χ1) is 6.42. The zero-order chi connectivity index (χ0) is 10.8. The Morgan fingerprint density at radius 3 is 2.50 bits per heavy atom. The van der Waals surface area contributed by atoms with Gasteiger partial charge in [0.2, 0.25) is 11.3 Å². The third-order valence-electron chi connectivity index (χ3n) is 1.70. The lowest BCUT2D eigenvalue weighted by Gasteiger charge is -2.19. The molecule has 5 nitrogen and oxygen atoms in total. The van der Waals surface area contributed by atoms with Crippen LogP contribution in [0.4, 0.5) is 11.4 Å². The summed E-state index contributed by atoms with van der Waals surface area (Å²) in [5, 5.41) is 29.2. The highest BCUT2D eigenvalue weighted by atomic mass is 16.5. The second-order valence-electron chi connectivity index (χ2n) is 3.25. The molecule has 74 valence electrons. The van der Waals surface area contributed by atoms with E-state index in [2.05, 4.69) is 10.3 Å². The van der Waals surface area contributed by atoms with Gasteiger partial charge in [0.15, 0.2) is 4.98 Å². The summed E-state index contributed by atoms with van der Waals surface area (Å²) in [6.45, 7) is 2.99. The molecular weight excluding hydrogens is 182 g/mol. The lowest BCUT2D eigenvalue weighted by molar-refractivity contribution is -0.118. The number of rotatable bonds is 2. The minimum absolute atomic E-state index is 0.422. The molecule has 14 heavy (non-hydrogen) atoms. The largest absolute Gasteiger partial charge is 0.385 e. The molecule has 0 unspecified atom stereocenters. The molecule has 0 amide bonds. The molecule has 0 saturated carbocycles. The van der Waals surface area contributed by atoms with Crippen molar-refractivity contribution in [3.05, 3.63) is 28.7 Å². The number of hydrogen-bond acceptors (Lipinski definition) is 4. The average Bonchev–Trinajstić information content (AvgIpc) is 2.06. The van der Waals surface area contributed by atoms with Gasteiger partial charge in [-0.25, -0.2) is 0 Å². The number of aliphatic hydroxyl groups is 2. The summed E-state index contributed by atoms with van der Waals surface area (Å²) in [6, 6.07) is 4.78. The SMILES string of the molecule is Cc1cc([N+]#N)ccc1NC(C)(O)O. The van der Waals surface area contributed by atoms with Crippen LogP contribution in [-0.4, -0.2) is 16.1 Å². The highest BCUT2D eigenvalue weighted by Gasteiger charge is 2.16. The summed E-state index contributed by atoms with van der Waals surface area (Å²) < 4.78 is 0. The minimum Gasteiger partial charge on any atom is -0.349 e. The molecule has 0 aliphatic carbocycles. The molecule has 0 fully saturated rings. The van der Waals surface area contributed by atoms with Gasteiger partial charge in [-0.15, -0.1) is 0 Å². The quantitative estimate of drug-likeness (QED) is 0.493. The van der Waals surface area contributed by atoms with Crippen molar-refractivity contribution in [2.75, 3.05) is 5.32 Å². The van der Waals surface area contributed by atoms with Crippen LogP contribution < -0.4 is 5.32 Å². The van der Waals surface area contributed by atoms with Gasteiger partial charge in [-0.05, 0) is 18.6 Å². The van der Waals surface area contributed by atoms with Crippen LogP contribution in [0.25, 0.3) is 4.98 Å². The maximum Gasteiger partial charge on any atom is 0.385 e. The summed E-state index contributed by atoms with van der Waals surface area (Å²) in [7, 11) is 0. The second kappa shape index (κ2) is 3.62. The zero-order valence-electron chi connectivity index (χ0n) is 8.02. The molecular formula is C9H12N3O2+. The molecule has 1 rings (SSSR count). The van der Waals surface area contributed by atoms with Crippen molar-refractivity contribution in [3.63, 3.8) is 0 Å². The van der Waals surface area contributed by atoms with E-state index in [9.17, 15) is 0 Å². The van der Waals surface area contributed by atoms with Crippen molar-refractivity contribution in [1.82, 2.24) is 0 Å². The third kappa shape index (κ3) is 2.69. The van der Waals surface area contributed by atoms with Crippen LogP contribution in [0, 0.1) is 12.3 Å². The molecule has 0 spiro atoms. The fourth-order valence-electron chi connectivity index (χ4n) is 1.11. The summed E-state index contributed by atoms with van der Waals surface area (Å²) in [5.74, 6) is -1.96. The van der Waals surface area contributed by atoms with Gasteiger partial charge in [0.25, 0.3) is 0 Å². The molecule has 1 aromatic rings. The monoisotopic (exact) mass is 194 g/mol. The Morgan fingerprint density at radius 2 is 2.07 bits per heavy atom. The van der Waals surface area contributed by atoms with E-state index in [1.54, 1.807) is 25.1 Å². The summed E-state index contributed by atoms with van der Waals surface area (Å²) in [4.78, 5) is 3.02. The normalized spacial score (nSPS) is 10.8. The summed E-state index contributed by atoms with van der Waals surface area (Å²) in [5.41, 5.74) is 1.75. The lowest BCUT2D eigenvalue weighted by atomic mass is 10.2. The number of aryl methyl sites for hydroxylation is 1. The van der Waals surface area contributed by atoms with Crippen LogP contribution in [0.15, 0.2) is 18.2 Å². The van der Waals surface area contributed by atoms with Gasteiger partial charge in [-0.2, -0.15) is 0 Å². The van der Waals surface area contributed by atoms with Crippen LogP contribution in [0.5, 0.6) is 0 Å². The van der Waals surface area contributed by atoms with Crippen molar-refractivity contribution >= 4 is 11.4 Å². The van der Waals surface area contributed by atoms with Gasteiger partial charge >= 0.3 is 5.69 Å². The molecule has 0 aliphatic rings. The van der Waals surface area contributed by atoms with Crippen LogP contribution in [0.3, 0.4) is 0 Å². The Labute approximate surface area is 81.6 Å². The number of benzene rings is 1. The smallest absolute Gasteiger partial charge is 0.349 e. The average molecular weight is 194 g/mol. The standard InChI is InChI=1S/C9H12N3O2/c1-6-5-7(12-10)3-4-8(6)11-9(2,13)14/h3-5,11,13-14H,1-2H3/q+1. The van der Waals surface area contributed by atoms with Gasteiger partial charge in [0.1, 0.15) is 0 Å². The van der Waals surface area contributed by atoms with E-state index in [1.807, 2.05) is 0 Å². The van der Waals surface area contributed by atoms with Crippen molar-refractivity contribution in [2.24, 2.45) is 0 Å². The minimum atomic E-state index is -1.96. The first-order valence-corrected chi connectivity index (χ1v) is 4.11. The predicted octanol–water partition coefficient (Wildman–Crippen LogP) is 1.55. The Balaban J connectivity index is 2.97. The molecule has 0 aliphatic heterocycles. The van der Waals surface area contributed by atoms with E-state index >= 15 is 0 Å².